The van der Waals surface area contributed by atoms with Crippen LogP contribution in [0.25, 0.3) is 0 Å². The van der Waals surface area contributed by atoms with E-state index in [4.69, 9.17) is 9.17 Å². The molecule has 1 aromatic heterocycles. The zero-order valence-corrected chi connectivity index (χ0v) is 34.9. The molecule has 0 aliphatic carbocycles. The number of urea groups is 1. The molecule has 0 radical (unpaired) electrons. The lowest BCUT2D eigenvalue weighted by atomic mass is 9.95. The van der Waals surface area contributed by atoms with Gasteiger partial charge in [0.05, 0.1) is 5.71 Å². The number of hydrogen-bond donors (Lipinski definition) is 1. The maximum atomic E-state index is 14.3. The number of hydrogen-bond acceptors (Lipinski definition) is 9. The SMILES string of the molecule is CCCCCCCCc1ccc(C)cc1OS(=O)NCCc1nc2n(n1)N=C(C)C2(N1C(=O)N(C)C(C)(C)C1=O)N(C(C)=O)c1ccc(N(C)CC)cc1C. The Morgan fingerprint density at radius 3 is 2.33 bits per heavy atom. The summed E-state index contributed by atoms with van der Waals surface area (Å²) in [5.41, 5.74) is 1.40. The van der Waals surface area contributed by atoms with E-state index in [0.717, 1.165) is 53.1 Å². The van der Waals surface area contributed by atoms with Gasteiger partial charge in [-0.2, -0.15) is 9.31 Å². The topological polar surface area (TPSA) is 146 Å². The van der Waals surface area contributed by atoms with E-state index in [1.54, 1.807) is 27.8 Å². The van der Waals surface area contributed by atoms with Crippen LogP contribution >= 0.6 is 0 Å². The number of aromatic nitrogens is 3. The maximum absolute atomic E-state index is 14.3. The van der Waals surface area contributed by atoms with E-state index in [-0.39, 0.29) is 24.5 Å². The Balaban J connectivity index is 1.43. The fourth-order valence-corrected chi connectivity index (χ4v) is 7.84. The molecule has 14 nitrogen and oxygen atoms in total. The second-order valence-electron chi connectivity index (χ2n) is 15.1. The fraction of sp³-hybridized carbons (Fsp3) is 0.550. The summed E-state index contributed by atoms with van der Waals surface area (Å²) in [7, 11) is 3.54. The lowest BCUT2D eigenvalue weighted by Crippen LogP contribution is -2.65. The number of amides is 4. The molecule has 1 saturated heterocycles. The standard InChI is InChI=1S/C40H57N9O5S/c1-11-13-14-15-16-17-18-31-20-19-27(3)25-34(31)54-55(53)41-24-23-35-42-36-40(29(5)43-49(36)44-35,48-37(51)39(7,8)46(10)38(48)52)47(30(6)50)33-22-21-32(26-28(33)4)45(9)12-2/h19-22,25-26,41H,11-18,23-24H2,1-10H3. The third kappa shape index (κ3) is 8.04. The van der Waals surface area contributed by atoms with Crippen molar-refractivity contribution in [2.24, 2.45) is 5.10 Å². The van der Waals surface area contributed by atoms with Crippen LogP contribution in [0.3, 0.4) is 0 Å². The van der Waals surface area contributed by atoms with E-state index in [0.29, 0.717) is 17.3 Å². The van der Waals surface area contributed by atoms with Gasteiger partial charge in [0.15, 0.2) is 5.82 Å². The summed E-state index contributed by atoms with van der Waals surface area (Å²) in [5.74, 6) is 0.0799. The van der Waals surface area contributed by atoms with Crippen molar-refractivity contribution in [3.8, 4) is 5.75 Å². The van der Waals surface area contributed by atoms with Gasteiger partial charge in [0.25, 0.3) is 17.2 Å². The summed E-state index contributed by atoms with van der Waals surface area (Å²) in [6.45, 7) is 15.5. The van der Waals surface area contributed by atoms with E-state index in [9.17, 15) is 18.6 Å². The zero-order valence-electron chi connectivity index (χ0n) is 34.1. The van der Waals surface area contributed by atoms with Gasteiger partial charge in [-0.15, -0.1) is 9.89 Å². The first-order chi connectivity index (χ1) is 26.1. The molecule has 0 spiro atoms. The Morgan fingerprint density at radius 1 is 0.982 bits per heavy atom. The molecule has 298 valence electrons. The summed E-state index contributed by atoms with van der Waals surface area (Å²) < 4.78 is 22.0. The number of nitrogens with zero attached hydrogens (tertiary/aromatic N) is 8. The summed E-state index contributed by atoms with van der Waals surface area (Å²) >= 11 is -1.85. The van der Waals surface area contributed by atoms with Crippen LogP contribution in [0.5, 0.6) is 5.75 Å². The molecule has 1 N–H and O–H groups in total. The Hall–Kier alpha value is -4.63. The zero-order chi connectivity index (χ0) is 40.2. The molecular formula is C40H57N9O5S. The van der Waals surface area contributed by atoms with Gasteiger partial charge in [-0.1, -0.05) is 51.2 Å². The molecule has 3 heterocycles. The Morgan fingerprint density at radius 2 is 1.69 bits per heavy atom. The van der Waals surface area contributed by atoms with Gasteiger partial charge >= 0.3 is 6.03 Å². The number of rotatable bonds is 18. The predicted octanol–water partition coefficient (Wildman–Crippen LogP) is 6.16. The van der Waals surface area contributed by atoms with Crippen LogP contribution in [0.4, 0.5) is 16.2 Å². The largest absolute Gasteiger partial charge is 0.389 e. The number of aryl methyl sites for hydroxylation is 3. The third-order valence-electron chi connectivity index (χ3n) is 10.8. The van der Waals surface area contributed by atoms with Gasteiger partial charge in [0, 0.05) is 51.9 Å². The average molecular weight is 776 g/mol. The molecule has 2 aliphatic heterocycles. The van der Waals surface area contributed by atoms with Crippen LogP contribution in [0.2, 0.25) is 0 Å². The van der Waals surface area contributed by atoms with E-state index in [1.165, 1.54) is 47.2 Å². The van der Waals surface area contributed by atoms with Gasteiger partial charge < -0.3 is 14.0 Å². The van der Waals surface area contributed by atoms with Crippen molar-refractivity contribution in [1.82, 2.24) is 29.4 Å². The molecule has 0 bridgehead atoms. The van der Waals surface area contributed by atoms with E-state index in [1.807, 2.05) is 64.2 Å². The van der Waals surface area contributed by atoms with Crippen LogP contribution in [0.15, 0.2) is 41.5 Å². The predicted molar refractivity (Wildman–Crippen MR) is 216 cm³/mol. The van der Waals surface area contributed by atoms with Crippen molar-refractivity contribution >= 4 is 46.2 Å². The van der Waals surface area contributed by atoms with E-state index < -0.39 is 40.3 Å². The van der Waals surface area contributed by atoms with E-state index >= 15 is 0 Å². The molecule has 2 atom stereocenters. The first-order valence-corrected chi connectivity index (χ1v) is 20.4. The van der Waals surface area contributed by atoms with Crippen LogP contribution in [0, 0.1) is 13.8 Å². The monoisotopic (exact) mass is 775 g/mol. The van der Waals surface area contributed by atoms with Crippen LogP contribution < -0.4 is 18.7 Å². The van der Waals surface area contributed by atoms with Crippen molar-refractivity contribution in [1.29, 1.82) is 0 Å². The second-order valence-corrected chi connectivity index (χ2v) is 16.0. The first-order valence-electron chi connectivity index (χ1n) is 19.3. The lowest BCUT2D eigenvalue weighted by Gasteiger charge is -2.44. The number of carbonyl (C=O) groups excluding carboxylic acids is 3. The molecule has 2 aliphatic rings. The van der Waals surface area contributed by atoms with Crippen molar-refractivity contribution in [3.05, 3.63) is 64.7 Å². The second kappa shape index (κ2) is 17.0. The van der Waals surface area contributed by atoms with E-state index in [2.05, 4.69) is 26.7 Å². The molecule has 15 heteroatoms. The summed E-state index contributed by atoms with van der Waals surface area (Å²) in [6.07, 6.45) is 8.15. The first kappa shape index (κ1) is 41.5. The highest BCUT2D eigenvalue weighted by atomic mass is 32.2. The minimum Gasteiger partial charge on any atom is -0.389 e. The normalized spacial score (nSPS) is 18.1. The molecular weight excluding hydrogens is 719 g/mol. The van der Waals surface area contributed by atoms with Crippen LogP contribution in [0.1, 0.15) is 108 Å². The van der Waals surface area contributed by atoms with Crippen LogP contribution in [-0.2, 0) is 39.4 Å². The van der Waals surface area contributed by atoms with Crippen molar-refractivity contribution in [3.63, 3.8) is 0 Å². The van der Waals surface area contributed by atoms with Gasteiger partial charge in [0.2, 0.25) is 17.4 Å². The fourth-order valence-electron chi connectivity index (χ4n) is 7.20. The number of likely N-dealkylation sites (N-methyl/N-ethyl adjacent to an activating group) is 1. The number of anilines is 2. The maximum Gasteiger partial charge on any atom is 0.330 e. The Kier molecular flexibility index (Phi) is 12.9. The lowest BCUT2D eigenvalue weighted by molar-refractivity contribution is -0.135. The Bertz CT molecular complexity index is 1980. The highest BCUT2D eigenvalue weighted by Gasteiger charge is 2.66. The molecule has 55 heavy (non-hydrogen) atoms. The molecule has 2 aromatic carbocycles. The summed E-state index contributed by atoms with van der Waals surface area (Å²) in [5, 5.41) is 9.30. The highest BCUT2D eigenvalue weighted by molar-refractivity contribution is 7.78. The van der Waals surface area contributed by atoms with Gasteiger partial charge in [0.1, 0.15) is 11.3 Å². The average Bonchev–Trinajstić information content (AvgIpc) is 3.70. The van der Waals surface area contributed by atoms with Gasteiger partial charge in [-0.25, -0.2) is 19.4 Å². The van der Waals surface area contributed by atoms with Crippen molar-refractivity contribution in [2.75, 3.05) is 37.0 Å². The van der Waals surface area contributed by atoms with Crippen LogP contribution in [-0.4, -0.2) is 85.2 Å². The van der Waals surface area contributed by atoms with Gasteiger partial charge in [-0.3, -0.25) is 14.5 Å². The summed E-state index contributed by atoms with van der Waals surface area (Å²) in [4.78, 5) is 54.6. The number of benzene rings is 2. The third-order valence-corrected chi connectivity index (χ3v) is 11.6. The minimum absolute atomic E-state index is 0.119. The number of fused-ring (bicyclic) bond motifs is 1. The Labute approximate surface area is 328 Å². The summed E-state index contributed by atoms with van der Waals surface area (Å²) in [6, 6.07) is 11.1. The number of nitrogens with one attached hydrogen (secondary N) is 1. The number of unbranched alkanes of at least 4 members (excludes halogenated alkanes) is 5. The van der Waals surface area contributed by atoms with Crippen molar-refractivity contribution < 1.29 is 22.8 Å². The van der Waals surface area contributed by atoms with Crippen molar-refractivity contribution in [2.45, 2.75) is 118 Å². The molecule has 2 unspecified atom stereocenters. The smallest absolute Gasteiger partial charge is 0.330 e. The molecule has 5 rings (SSSR count). The molecule has 0 saturated carbocycles. The highest BCUT2D eigenvalue weighted by Crippen LogP contribution is 2.46. The molecule has 3 aromatic rings. The quantitative estimate of drug-likeness (QED) is 0.120. The molecule has 1 fully saturated rings. The number of imide groups is 1. The number of carbonyl (C=O) groups is 3. The van der Waals surface area contributed by atoms with Gasteiger partial charge in [-0.05, 0) is 95.3 Å². The molecule has 4 amide bonds. The minimum atomic E-state index is -1.87.